The van der Waals surface area contributed by atoms with Crippen LogP contribution in [0.25, 0.3) is 0 Å². The number of hydrogen-bond acceptors (Lipinski definition) is 2. The summed E-state index contributed by atoms with van der Waals surface area (Å²) in [5.41, 5.74) is 13.1. The molecular formula is C19H23NO. The van der Waals surface area contributed by atoms with Crippen molar-refractivity contribution in [1.82, 2.24) is 0 Å². The first-order valence-corrected chi connectivity index (χ1v) is 7.67. The Labute approximate surface area is 126 Å². The molecule has 3 rings (SSSR count). The molecule has 0 amide bonds. The number of ether oxygens (including phenoxy) is 1. The molecular weight excluding hydrogens is 258 g/mol. The van der Waals surface area contributed by atoms with Crippen LogP contribution in [0.15, 0.2) is 42.5 Å². The van der Waals surface area contributed by atoms with Gasteiger partial charge < -0.3 is 10.5 Å². The predicted octanol–water partition coefficient (Wildman–Crippen LogP) is 3.49. The number of fused-ring (bicyclic) bond motifs is 1. The Balaban J connectivity index is 1.85. The van der Waals surface area contributed by atoms with E-state index in [4.69, 9.17) is 10.5 Å². The van der Waals surface area contributed by atoms with E-state index in [1.54, 1.807) is 0 Å². The van der Waals surface area contributed by atoms with Gasteiger partial charge in [-0.25, -0.2) is 0 Å². The average molecular weight is 281 g/mol. The first-order chi connectivity index (χ1) is 10.2. The summed E-state index contributed by atoms with van der Waals surface area (Å²) in [4.78, 5) is 0. The van der Waals surface area contributed by atoms with Crippen LogP contribution in [0.4, 0.5) is 0 Å². The first kappa shape index (κ1) is 14.3. The Morgan fingerprint density at radius 3 is 2.57 bits per heavy atom. The fourth-order valence-corrected chi connectivity index (χ4v) is 3.29. The van der Waals surface area contributed by atoms with E-state index in [1.165, 1.54) is 27.8 Å². The van der Waals surface area contributed by atoms with E-state index < -0.39 is 0 Å². The Morgan fingerprint density at radius 2 is 1.81 bits per heavy atom. The minimum atomic E-state index is -0.00810. The number of benzene rings is 2. The molecule has 2 aromatic carbocycles. The van der Waals surface area contributed by atoms with E-state index in [0.717, 1.165) is 19.4 Å². The van der Waals surface area contributed by atoms with Gasteiger partial charge in [-0.1, -0.05) is 42.5 Å². The van der Waals surface area contributed by atoms with Crippen molar-refractivity contribution in [2.24, 2.45) is 5.73 Å². The fraction of sp³-hybridized carbons (Fsp3) is 0.368. The highest BCUT2D eigenvalue weighted by Crippen LogP contribution is 2.30. The summed E-state index contributed by atoms with van der Waals surface area (Å²) in [6.45, 7) is 5.08. The second-order valence-corrected chi connectivity index (χ2v) is 5.98. The van der Waals surface area contributed by atoms with Gasteiger partial charge in [0.15, 0.2) is 0 Å². The van der Waals surface area contributed by atoms with Crippen LogP contribution in [0, 0.1) is 13.8 Å². The lowest BCUT2D eigenvalue weighted by atomic mass is 9.88. The van der Waals surface area contributed by atoms with E-state index >= 15 is 0 Å². The molecule has 0 saturated heterocycles. The Bertz CT molecular complexity index is 615. The van der Waals surface area contributed by atoms with E-state index in [-0.39, 0.29) is 12.1 Å². The molecule has 0 saturated carbocycles. The quantitative estimate of drug-likeness (QED) is 0.934. The molecule has 2 atom stereocenters. The van der Waals surface area contributed by atoms with Crippen LogP contribution in [-0.4, -0.2) is 12.6 Å². The highest BCUT2D eigenvalue weighted by atomic mass is 16.5. The molecule has 110 valence electrons. The summed E-state index contributed by atoms with van der Waals surface area (Å²) in [6.07, 6.45) is 1.86. The van der Waals surface area contributed by atoms with Crippen molar-refractivity contribution in [2.75, 3.05) is 6.61 Å². The molecule has 0 aromatic heterocycles. The summed E-state index contributed by atoms with van der Waals surface area (Å²) >= 11 is 0. The monoisotopic (exact) mass is 281 g/mol. The molecule has 0 fully saturated rings. The van der Waals surface area contributed by atoms with Gasteiger partial charge in [0.1, 0.15) is 0 Å². The van der Waals surface area contributed by atoms with Crippen molar-refractivity contribution >= 4 is 0 Å². The fourth-order valence-electron chi connectivity index (χ4n) is 3.29. The molecule has 0 radical (unpaired) electrons. The summed E-state index contributed by atoms with van der Waals surface area (Å²) in [5.74, 6) is 0. The molecule has 2 N–H and O–H groups in total. The minimum Gasteiger partial charge on any atom is -0.372 e. The zero-order valence-corrected chi connectivity index (χ0v) is 12.8. The normalized spacial score (nSPS) is 19.1. The Hall–Kier alpha value is -1.64. The highest BCUT2D eigenvalue weighted by Gasteiger charge is 2.26. The number of rotatable bonds is 3. The lowest BCUT2D eigenvalue weighted by Crippen LogP contribution is -2.35. The highest BCUT2D eigenvalue weighted by molar-refractivity contribution is 5.36. The van der Waals surface area contributed by atoms with Crippen LogP contribution in [0.5, 0.6) is 0 Å². The minimum absolute atomic E-state index is 0.00810. The summed E-state index contributed by atoms with van der Waals surface area (Å²) < 4.78 is 5.99. The van der Waals surface area contributed by atoms with E-state index in [9.17, 15) is 0 Å². The zero-order chi connectivity index (χ0) is 14.8. The van der Waals surface area contributed by atoms with Gasteiger partial charge in [-0.3, -0.25) is 0 Å². The Kier molecular flexibility index (Phi) is 4.09. The number of aryl methyl sites for hydroxylation is 2. The van der Waals surface area contributed by atoms with Crippen LogP contribution < -0.4 is 5.73 Å². The van der Waals surface area contributed by atoms with Gasteiger partial charge in [0.05, 0.1) is 12.7 Å². The van der Waals surface area contributed by atoms with Crippen molar-refractivity contribution in [3.8, 4) is 0 Å². The van der Waals surface area contributed by atoms with Crippen molar-refractivity contribution in [1.29, 1.82) is 0 Å². The molecule has 1 aliphatic rings. The third kappa shape index (κ3) is 2.87. The molecule has 1 heterocycles. The maximum atomic E-state index is 6.51. The maximum absolute atomic E-state index is 6.51. The molecule has 21 heavy (non-hydrogen) atoms. The number of nitrogens with two attached hydrogens (primary N) is 1. The molecule has 0 aliphatic carbocycles. The van der Waals surface area contributed by atoms with Crippen molar-refractivity contribution in [3.05, 3.63) is 70.3 Å². The van der Waals surface area contributed by atoms with Crippen LogP contribution in [0.1, 0.15) is 33.9 Å². The van der Waals surface area contributed by atoms with E-state index in [2.05, 4.69) is 56.3 Å². The third-order valence-electron chi connectivity index (χ3n) is 4.50. The van der Waals surface area contributed by atoms with Crippen molar-refractivity contribution in [3.63, 3.8) is 0 Å². The van der Waals surface area contributed by atoms with Crippen LogP contribution in [0.2, 0.25) is 0 Å². The lowest BCUT2D eigenvalue weighted by molar-refractivity contribution is 0.0246. The standard InChI is InChI=1S/C19H23NO/c1-13-6-5-7-14(2)17(13)12-18(20)19-16-9-4-3-8-15(16)10-11-21-19/h3-9,18-19H,10-12,20H2,1-2H3. The van der Waals surface area contributed by atoms with Gasteiger partial charge in [0.2, 0.25) is 0 Å². The molecule has 0 spiro atoms. The third-order valence-corrected chi connectivity index (χ3v) is 4.50. The largest absolute Gasteiger partial charge is 0.372 e. The number of hydrogen-bond donors (Lipinski definition) is 1. The summed E-state index contributed by atoms with van der Waals surface area (Å²) in [7, 11) is 0. The van der Waals surface area contributed by atoms with Gasteiger partial charge in [-0.2, -0.15) is 0 Å². The molecule has 2 nitrogen and oxygen atoms in total. The smallest absolute Gasteiger partial charge is 0.0981 e. The van der Waals surface area contributed by atoms with Gasteiger partial charge in [-0.05, 0) is 54.5 Å². The predicted molar refractivity (Wildman–Crippen MR) is 86.4 cm³/mol. The SMILES string of the molecule is Cc1cccc(C)c1CC(N)C1OCCc2ccccc21. The van der Waals surface area contributed by atoms with E-state index in [1.807, 2.05) is 0 Å². The first-order valence-electron chi connectivity index (χ1n) is 7.67. The summed E-state index contributed by atoms with van der Waals surface area (Å²) in [6, 6.07) is 14.9. The van der Waals surface area contributed by atoms with Gasteiger partial charge in [0.25, 0.3) is 0 Å². The van der Waals surface area contributed by atoms with Crippen LogP contribution in [-0.2, 0) is 17.6 Å². The molecule has 0 bridgehead atoms. The average Bonchev–Trinajstić information content (AvgIpc) is 2.50. The molecule has 2 unspecified atom stereocenters. The molecule has 1 aliphatic heterocycles. The second-order valence-electron chi connectivity index (χ2n) is 5.98. The topological polar surface area (TPSA) is 35.2 Å². The lowest BCUT2D eigenvalue weighted by Gasteiger charge is -2.31. The van der Waals surface area contributed by atoms with Gasteiger partial charge >= 0.3 is 0 Å². The zero-order valence-electron chi connectivity index (χ0n) is 12.8. The Morgan fingerprint density at radius 1 is 1.10 bits per heavy atom. The van der Waals surface area contributed by atoms with Crippen molar-refractivity contribution in [2.45, 2.75) is 38.8 Å². The van der Waals surface area contributed by atoms with Crippen LogP contribution >= 0.6 is 0 Å². The van der Waals surface area contributed by atoms with Crippen LogP contribution in [0.3, 0.4) is 0 Å². The van der Waals surface area contributed by atoms with Gasteiger partial charge in [0, 0.05) is 6.04 Å². The molecule has 2 aromatic rings. The van der Waals surface area contributed by atoms with Crippen molar-refractivity contribution < 1.29 is 4.74 Å². The van der Waals surface area contributed by atoms with Gasteiger partial charge in [-0.15, -0.1) is 0 Å². The second kappa shape index (κ2) is 6.00. The maximum Gasteiger partial charge on any atom is 0.0981 e. The summed E-state index contributed by atoms with van der Waals surface area (Å²) in [5, 5.41) is 0. The van der Waals surface area contributed by atoms with E-state index in [0.29, 0.717) is 0 Å². The molecule has 2 heteroatoms.